The standard InChI is InChI=1S/C28H29ClN2O6S/c1-2-3-16-36-28(33)21-8-10-23(11-9-21)30-27(32)19-37-26-13-12-24(17-25(26)29)38(34,35)31-15-14-20-6-4-5-7-22(20)18-31/h4-13,17H,2-3,14-16,18-19H2,1H3,(H,30,32). The topological polar surface area (TPSA) is 102 Å². The largest absolute Gasteiger partial charge is 0.482 e. The minimum Gasteiger partial charge on any atom is -0.482 e. The molecule has 1 aliphatic rings. The molecule has 3 aromatic rings. The molecule has 1 N–H and O–H groups in total. The average molecular weight is 557 g/mol. The maximum Gasteiger partial charge on any atom is 0.338 e. The van der Waals surface area contributed by atoms with Crippen LogP contribution in [0.5, 0.6) is 5.75 Å². The highest BCUT2D eigenvalue weighted by Gasteiger charge is 2.28. The molecular weight excluding hydrogens is 528 g/mol. The van der Waals surface area contributed by atoms with Crippen molar-refractivity contribution in [3.8, 4) is 5.75 Å². The minimum absolute atomic E-state index is 0.0620. The number of carbonyl (C=O) groups is 2. The van der Waals surface area contributed by atoms with E-state index in [1.54, 1.807) is 24.3 Å². The summed E-state index contributed by atoms with van der Waals surface area (Å²) in [4.78, 5) is 24.4. The first-order chi connectivity index (χ1) is 18.3. The highest BCUT2D eigenvalue weighted by molar-refractivity contribution is 7.89. The van der Waals surface area contributed by atoms with Crippen LogP contribution in [0, 0.1) is 0 Å². The second-order valence-corrected chi connectivity index (χ2v) is 11.2. The van der Waals surface area contributed by atoms with Gasteiger partial charge in [-0.25, -0.2) is 13.2 Å². The van der Waals surface area contributed by atoms with Crippen LogP contribution in [-0.2, 0) is 32.5 Å². The number of ether oxygens (including phenoxy) is 2. The van der Waals surface area contributed by atoms with E-state index in [-0.39, 0.29) is 22.3 Å². The van der Waals surface area contributed by atoms with Crippen molar-refractivity contribution in [2.24, 2.45) is 0 Å². The Labute approximate surface area is 227 Å². The van der Waals surface area contributed by atoms with E-state index in [2.05, 4.69) is 5.32 Å². The highest BCUT2D eigenvalue weighted by Crippen LogP contribution is 2.31. The van der Waals surface area contributed by atoms with Gasteiger partial charge >= 0.3 is 5.97 Å². The second kappa shape index (κ2) is 12.4. The number of fused-ring (bicyclic) bond motifs is 1. The lowest BCUT2D eigenvalue weighted by Gasteiger charge is -2.28. The molecule has 0 saturated heterocycles. The van der Waals surface area contributed by atoms with Crippen molar-refractivity contribution >= 4 is 39.2 Å². The van der Waals surface area contributed by atoms with Crippen LogP contribution >= 0.6 is 11.6 Å². The molecule has 0 bridgehead atoms. The van der Waals surface area contributed by atoms with E-state index in [0.717, 1.165) is 24.0 Å². The number of amides is 1. The van der Waals surface area contributed by atoms with Crippen LogP contribution in [0.4, 0.5) is 5.69 Å². The molecule has 0 aliphatic carbocycles. The number of hydrogen-bond donors (Lipinski definition) is 1. The van der Waals surface area contributed by atoms with Gasteiger partial charge in [0.2, 0.25) is 10.0 Å². The maximum atomic E-state index is 13.2. The number of anilines is 1. The van der Waals surface area contributed by atoms with Gasteiger partial charge in [-0.05, 0) is 66.4 Å². The summed E-state index contributed by atoms with van der Waals surface area (Å²) in [6.45, 7) is 2.73. The molecule has 8 nitrogen and oxygen atoms in total. The predicted octanol–water partition coefficient (Wildman–Crippen LogP) is 5.06. The quantitative estimate of drug-likeness (QED) is 0.276. The van der Waals surface area contributed by atoms with E-state index in [9.17, 15) is 18.0 Å². The van der Waals surface area contributed by atoms with E-state index in [1.165, 1.54) is 22.5 Å². The van der Waals surface area contributed by atoms with Crippen LogP contribution in [0.25, 0.3) is 0 Å². The van der Waals surface area contributed by atoms with Gasteiger partial charge in [-0.1, -0.05) is 49.2 Å². The summed E-state index contributed by atoms with van der Waals surface area (Å²) in [5.74, 6) is -0.664. The Hall–Kier alpha value is -3.40. The molecule has 0 spiro atoms. The van der Waals surface area contributed by atoms with Crippen LogP contribution in [0.1, 0.15) is 41.3 Å². The van der Waals surface area contributed by atoms with Crippen LogP contribution in [0.15, 0.2) is 71.6 Å². The van der Waals surface area contributed by atoms with Crippen molar-refractivity contribution < 1.29 is 27.5 Å². The Morgan fingerprint density at radius 3 is 2.47 bits per heavy atom. The summed E-state index contributed by atoms with van der Waals surface area (Å²) in [7, 11) is -3.75. The molecule has 0 unspecified atom stereocenters. The van der Waals surface area contributed by atoms with Gasteiger partial charge in [-0.2, -0.15) is 4.31 Å². The molecular formula is C28H29ClN2O6S. The van der Waals surface area contributed by atoms with E-state index in [0.29, 0.717) is 37.4 Å². The zero-order valence-electron chi connectivity index (χ0n) is 21.0. The van der Waals surface area contributed by atoms with E-state index >= 15 is 0 Å². The first-order valence-corrected chi connectivity index (χ1v) is 14.2. The van der Waals surface area contributed by atoms with Gasteiger partial charge in [-0.15, -0.1) is 0 Å². The molecule has 1 aliphatic heterocycles. The van der Waals surface area contributed by atoms with Gasteiger partial charge in [0.05, 0.1) is 22.1 Å². The van der Waals surface area contributed by atoms with E-state index in [4.69, 9.17) is 21.1 Å². The van der Waals surface area contributed by atoms with Gasteiger partial charge in [0.25, 0.3) is 5.91 Å². The molecule has 0 saturated carbocycles. The summed E-state index contributed by atoms with van der Waals surface area (Å²) >= 11 is 6.31. The first-order valence-electron chi connectivity index (χ1n) is 12.3. The highest BCUT2D eigenvalue weighted by atomic mass is 35.5. The number of hydrogen-bond acceptors (Lipinski definition) is 6. The Bertz CT molecular complexity index is 1410. The molecule has 38 heavy (non-hydrogen) atoms. The zero-order chi connectivity index (χ0) is 27.1. The fraction of sp³-hybridized carbons (Fsp3) is 0.286. The SMILES string of the molecule is CCCCOC(=O)c1ccc(NC(=O)COc2ccc(S(=O)(=O)N3CCc4ccccc4C3)cc2Cl)cc1. The summed E-state index contributed by atoms with van der Waals surface area (Å²) in [6.07, 6.45) is 2.38. The van der Waals surface area contributed by atoms with Crippen molar-refractivity contribution in [1.29, 1.82) is 0 Å². The maximum absolute atomic E-state index is 13.2. The van der Waals surface area contributed by atoms with Gasteiger partial charge in [-0.3, -0.25) is 4.79 Å². The number of esters is 1. The summed E-state index contributed by atoms with van der Waals surface area (Å²) < 4.78 is 38.5. The normalized spacial score (nSPS) is 13.4. The number of unbranched alkanes of at least 4 members (excludes halogenated alkanes) is 1. The number of nitrogens with one attached hydrogen (secondary N) is 1. The molecule has 0 atom stereocenters. The Morgan fingerprint density at radius 2 is 1.76 bits per heavy atom. The number of halogens is 1. The smallest absolute Gasteiger partial charge is 0.338 e. The second-order valence-electron chi connectivity index (χ2n) is 8.85. The Kier molecular flexibility index (Phi) is 9.04. The lowest BCUT2D eigenvalue weighted by atomic mass is 10.0. The average Bonchev–Trinajstić information content (AvgIpc) is 2.92. The molecule has 10 heteroatoms. The van der Waals surface area contributed by atoms with E-state index in [1.807, 2.05) is 31.2 Å². The number of sulfonamides is 1. The summed E-state index contributed by atoms with van der Waals surface area (Å²) in [6, 6.07) is 18.3. The summed E-state index contributed by atoms with van der Waals surface area (Å²) in [5, 5.41) is 2.76. The Balaban J connectivity index is 1.32. The van der Waals surface area contributed by atoms with Crippen molar-refractivity contribution in [1.82, 2.24) is 4.31 Å². The van der Waals surface area contributed by atoms with Gasteiger partial charge in [0.1, 0.15) is 5.75 Å². The first kappa shape index (κ1) is 27.6. The third-order valence-corrected chi connectivity index (χ3v) is 8.27. The fourth-order valence-electron chi connectivity index (χ4n) is 4.01. The fourth-order valence-corrected chi connectivity index (χ4v) is 5.75. The van der Waals surface area contributed by atoms with Crippen LogP contribution in [0.2, 0.25) is 5.02 Å². The minimum atomic E-state index is -3.75. The molecule has 1 amide bonds. The number of rotatable bonds is 10. The third-order valence-electron chi connectivity index (χ3n) is 6.13. The monoisotopic (exact) mass is 556 g/mol. The molecule has 200 valence electrons. The van der Waals surface area contributed by atoms with E-state index < -0.39 is 21.9 Å². The third kappa shape index (κ3) is 6.72. The van der Waals surface area contributed by atoms with Crippen LogP contribution < -0.4 is 10.1 Å². The lowest BCUT2D eigenvalue weighted by molar-refractivity contribution is -0.118. The molecule has 0 aromatic heterocycles. The van der Waals surface area contributed by atoms with Crippen molar-refractivity contribution in [2.75, 3.05) is 25.1 Å². The number of carbonyl (C=O) groups excluding carboxylic acids is 2. The van der Waals surface area contributed by atoms with Gasteiger partial charge < -0.3 is 14.8 Å². The molecule has 1 heterocycles. The van der Waals surface area contributed by atoms with Crippen molar-refractivity contribution in [3.63, 3.8) is 0 Å². The molecule has 0 fully saturated rings. The molecule has 0 radical (unpaired) electrons. The lowest BCUT2D eigenvalue weighted by Crippen LogP contribution is -2.35. The molecule has 3 aromatic carbocycles. The van der Waals surface area contributed by atoms with Gasteiger partial charge in [0.15, 0.2) is 6.61 Å². The van der Waals surface area contributed by atoms with Crippen LogP contribution in [-0.4, -0.2) is 44.4 Å². The predicted molar refractivity (Wildman–Crippen MR) is 145 cm³/mol. The van der Waals surface area contributed by atoms with Crippen molar-refractivity contribution in [2.45, 2.75) is 37.6 Å². The number of nitrogens with zero attached hydrogens (tertiary/aromatic N) is 1. The summed E-state index contributed by atoms with van der Waals surface area (Å²) in [5.41, 5.74) is 3.02. The number of benzene rings is 3. The zero-order valence-corrected chi connectivity index (χ0v) is 22.6. The van der Waals surface area contributed by atoms with Crippen molar-refractivity contribution in [3.05, 3.63) is 88.4 Å². The van der Waals surface area contributed by atoms with Crippen LogP contribution in [0.3, 0.4) is 0 Å². The molecule has 4 rings (SSSR count). The Morgan fingerprint density at radius 1 is 1.03 bits per heavy atom. The van der Waals surface area contributed by atoms with Gasteiger partial charge in [0, 0.05) is 18.8 Å².